The van der Waals surface area contributed by atoms with Crippen LogP contribution < -0.4 is 0 Å². The summed E-state index contributed by atoms with van der Waals surface area (Å²) in [6.45, 7) is 0. The van der Waals surface area contributed by atoms with E-state index in [1.807, 2.05) is 0 Å². The van der Waals surface area contributed by atoms with Crippen molar-refractivity contribution in [1.29, 1.82) is 0 Å². The van der Waals surface area contributed by atoms with Crippen LogP contribution in [0.4, 0.5) is 0 Å². The second-order valence-corrected chi connectivity index (χ2v) is 7.48. The lowest BCUT2D eigenvalue weighted by Gasteiger charge is -2.14. The van der Waals surface area contributed by atoms with Gasteiger partial charge in [-0.05, 0) is 33.9 Å². The molecule has 0 atom stereocenters. The number of aromatic nitrogens is 1. The van der Waals surface area contributed by atoms with E-state index < -0.39 is 0 Å². The van der Waals surface area contributed by atoms with Gasteiger partial charge in [-0.15, -0.1) is 0 Å². The first kappa shape index (κ1) is 16.1. The predicted octanol–water partition coefficient (Wildman–Crippen LogP) is 7.75. The van der Waals surface area contributed by atoms with E-state index in [2.05, 4.69) is 108 Å². The average molecular weight is 363 g/mol. The molecule has 0 fully saturated rings. The number of hydrogen-bond acceptors (Lipinski definition) is 0. The molecule has 0 aliphatic heterocycles. The zero-order valence-electron chi connectivity index (χ0n) is 14.8. The third-order valence-corrected chi connectivity index (χ3v) is 5.98. The summed E-state index contributed by atoms with van der Waals surface area (Å²) in [5.74, 6) is 0. The van der Waals surface area contributed by atoms with Crippen LogP contribution in [0.5, 0.6) is 0 Å². The SMILES string of the molecule is c1ccc(-c2ccc3[nH]pc(-c4ccccc4)c3c2-c2ccccc2)cc1. The highest BCUT2D eigenvalue weighted by Crippen LogP contribution is 2.45. The van der Waals surface area contributed by atoms with Gasteiger partial charge in [-0.25, -0.2) is 0 Å². The third-order valence-electron chi connectivity index (χ3n) is 4.92. The van der Waals surface area contributed by atoms with Crippen molar-refractivity contribution >= 4 is 19.3 Å². The van der Waals surface area contributed by atoms with Gasteiger partial charge in [0.25, 0.3) is 0 Å². The average Bonchev–Trinajstić information content (AvgIpc) is 3.19. The van der Waals surface area contributed by atoms with E-state index in [1.165, 1.54) is 44.0 Å². The molecule has 0 aliphatic carbocycles. The summed E-state index contributed by atoms with van der Waals surface area (Å²) in [5, 5.41) is 2.65. The van der Waals surface area contributed by atoms with E-state index in [0.29, 0.717) is 0 Å². The largest absolute Gasteiger partial charge is 0.337 e. The maximum Gasteiger partial charge on any atom is 0.0505 e. The van der Waals surface area contributed by atoms with Crippen LogP contribution in [-0.4, -0.2) is 4.75 Å². The summed E-state index contributed by atoms with van der Waals surface area (Å²) >= 11 is 0. The molecule has 1 aromatic heterocycles. The molecule has 1 N–H and O–H groups in total. The molecule has 4 aromatic carbocycles. The fourth-order valence-corrected chi connectivity index (χ4v) is 4.72. The van der Waals surface area contributed by atoms with Gasteiger partial charge in [-0.3, -0.25) is 0 Å². The first-order valence-electron chi connectivity index (χ1n) is 9.09. The highest BCUT2D eigenvalue weighted by atomic mass is 31.0. The molecule has 27 heavy (non-hydrogen) atoms. The smallest absolute Gasteiger partial charge is 0.0505 e. The summed E-state index contributed by atoms with van der Waals surface area (Å²) in [5.41, 5.74) is 7.54. The van der Waals surface area contributed by atoms with Crippen molar-refractivity contribution in [3.63, 3.8) is 0 Å². The number of nitrogens with one attached hydrogen (secondary N) is 1. The molecular formula is C25H18NP. The molecular weight excluding hydrogens is 345 g/mol. The van der Waals surface area contributed by atoms with E-state index in [4.69, 9.17) is 0 Å². The zero-order valence-corrected chi connectivity index (χ0v) is 15.7. The summed E-state index contributed by atoms with van der Waals surface area (Å²) in [4.78, 5) is 0. The molecule has 0 spiro atoms. The molecule has 0 bridgehead atoms. The van der Waals surface area contributed by atoms with Gasteiger partial charge >= 0.3 is 0 Å². The number of H-pyrrole nitrogens is 1. The number of hydrogen-bond donors (Lipinski definition) is 1. The number of fused-ring (bicyclic) bond motifs is 1. The minimum atomic E-state index is 1.14. The van der Waals surface area contributed by atoms with Gasteiger partial charge in [0.05, 0.1) is 5.52 Å². The van der Waals surface area contributed by atoms with Crippen LogP contribution >= 0.6 is 8.35 Å². The summed E-state index contributed by atoms with van der Waals surface area (Å²) < 4.78 is 3.57. The summed E-state index contributed by atoms with van der Waals surface area (Å²) in [6, 6.07) is 36.5. The van der Waals surface area contributed by atoms with Gasteiger partial charge in [-0.1, -0.05) is 97.1 Å². The minimum absolute atomic E-state index is 1.14. The lowest BCUT2D eigenvalue weighted by Crippen LogP contribution is -1.88. The molecule has 0 amide bonds. The van der Waals surface area contributed by atoms with Crippen LogP contribution in [0.3, 0.4) is 0 Å². The van der Waals surface area contributed by atoms with Crippen molar-refractivity contribution < 1.29 is 0 Å². The van der Waals surface area contributed by atoms with Gasteiger partial charge < -0.3 is 4.75 Å². The van der Waals surface area contributed by atoms with Crippen LogP contribution in [0.2, 0.25) is 0 Å². The van der Waals surface area contributed by atoms with Crippen LogP contribution in [0, 0.1) is 0 Å². The second-order valence-electron chi connectivity index (χ2n) is 6.58. The highest BCUT2D eigenvalue weighted by molar-refractivity contribution is 7.30. The minimum Gasteiger partial charge on any atom is -0.337 e. The monoisotopic (exact) mass is 363 g/mol. The summed E-state index contributed by atoms with van der Waals surface area (Å²) in [6.07, 6.45) is 0. The van der Waals surface area contributed by atoms with Crippen molar-refractivity contribution in [3.8, 4) is 33.1 Å². The molecule has 0 radical (unpaired) electrons. The fraction of sp³-hybridized carbons (Fsp3) is 0. The molecule has 1 nitrogen and oxygen atoms in total. The fourth-order valence-electron chi connectivity index (χ4n) is 3.68. The Bertz CT molecular complexity index is 1190. The van der Waals surface area contributed by atoms with Gasteiger partial charge in [0.15, 0.2) is 0 Å². The predicted molar refractivity (Wildman–Crippen MR) is 117 cm³/mol. The number of rotatable bonds is 3. The Balaban J connectivity index is 1.89. The molecule has 5 aromatic rings. The Morgan fingerprint density at radius 1 is 0.519 bits per heavy atom. The van der Waals surface area contributed by atoms with Crippen LogP contribution in [0.25, 0.3) is 44.0 Å². The molecule has 1 heterocycles. The van der Waals surface area contributed by atoms with Gasteiger partial charge in [0.2, 0.25) is 0 Å². The third kappa shape index (κ3) is 2.87. The Hall–Kier alpha value is -3.15. The Morgan fingerprint density at radius 3 is 1.70 bits per heavy atom. The Morgan fingerprint density at radius 2 is 1.07 bits per heavy atom. The van der Waals surface area contributed by atoms with E-state index >= 15 is 0 Å². The first-order valence-corrected chi connectivity index (χ1v) is 9.98. The standard InChI is InChI=1S/C25H18NP/c1-4-10-18(11-5-1)21-16-17-22-24(23(21)19-12-6-2-7-13-19)25(27-26-22)20-14-8-3-9-15-20/h1-17,26H. The number of benzene rings is 4. The second kappa shape index (κ2) is 6.87. The highest BCUT2D eigenvalue weighted by Gasteiger charge is 2.17. The molecule has 0 aliphatic rings. The molecule has 0 saturated heterocycles. The lowest BCUT2D eigenvalue weighted by atomic mass is 9.90. The zero-order chi connectivity index (χ0) is 18.1. The maximum absolute atomic E-state index is 3.57. The van der Waals surface area contributed by atoms with Crippen molar-refractivity contribution in [3.05, 3.63) is 103 Å². The summed E-state index contributed by atoms with van der Waals surface area (Å²) in [7, 11) is 1.14. The first-order chi connectivity index (χ1) is 13.4. The lowest BCUT2D eigenvalue weighted by molar-refractivity contribution is 1.60. The molecule has 0 saturated carbocycles. The molecule has 128 valence electrons. The maximum atomic E-state index is 3.57. The Labute approximate surface area is 160 Å². The topological polar surface area (TPSA) is 15.8 Å². The normalized spacial score (nSPS) is 11.3. The number of aromatic amines is 1. The molecule has 2 heteroatoms. The van der Waals surface area contributed by atoms with Crippen LogP contribution in [-0.2, 0) is 0 Å². The van der Waals surface area contributed by atoms with E-state index in [0.717, 1.165) is 8.35 Å². The van der Waals surface area contributed by atoms with Crippen molar-refractivity contribution in [2.24, 2.45) is 0 Å². The quantitative estimate of drug-likeness (QED) is 0.337. The van der Waals surface area contributed by atoms with Crippen molar-refractivity contribution in [2.45, 2.75) is 0 Å². The van der Waals surface area contributed by atoms with Gasteiger partial charge in [-0.2, -0.15) is 0 Å². The van der Waals surface area contributed by atoms with Gasteiger partial charge in [0.1, 0.15) is 0 Å². The Kier molecular flexibility index (Phi) is 4.08. The van der Waals surface area contributed by atoms with Gasteiger partial charge in [0, 0.05) is 19.0 Å². The molecule has 5 rings (SSSR count). The van der Waals surface area contributed by atoms with Crippen molar-refractivity contribution in [2.75, 3.05) is 0 Å². The van der Waals surface area contributed by atoms with E-state index in [-0.39, 0.29) is 0 Å². The molecule has 0 unspecified atom stereocenters. The van der Waals surface area contributed by atoms with E-state index in [1.54, 1.807) is 0 Å². The van der Waals surface area contributed by atoms with Crippen LogP contribution in [0.1, 0.15) is 0 Å². The van der Waals surface area contributed by atoms with E-state index in [9.17, 15) is 0 Å². The van der Waals surface area contributed by atoms with Crippen molar-refractivity contribution in [1.82, 2.24) is 4.75 Å². The van der Waals surface area contributed by atoms with Crippen LogP contribution in [0.15, 0.2) is 103 Å².